The van der Waals surface area contributed by atoms with Crippen LogP contribution in [0.4, 0.5) is 0 Å². The molecule has 178 valence electrons. The number of pyridine rings is 1. The zero-order chi connectivity index (χ0) is 24.3. The molecule has 2 aromatic carbocycles. The average Bonchev–Trinajstić information content (AvgIpc) is 2.85. The second kappa shape index (κ2) is 12.7. The number of aliphatic hydroxyl groups excluding tert-OH is 1. The number of aliphatic hydroxyl groups is 1. The van der Waals surface area contributed by atoms with E-state index in [1.54, 1.807) is 0 Å². The van der Waals surface area contributed by atoms with Crippen molar-refractivity contribution in [2.75, 3.05) is 13.2 Å². The molecule has 0 saturated heterocycles. The molecular weight excluding hydrogens is 426 g/mol. The molecule has 5 heteroatoms. The Morgan fingerprint density at radius 3 is 2.71 bits per heavy atom. The second-order valence-corrected chi connectivity index (χ2v) is 8.19. The quantitative estimate of drug-likeness (QED) is 0.250. The van der Waals surface area contributed by atoms with Gasteiger partial charge in [-0.2, -0.15) is 0 Å². The van der Waals surface area contributed by atoms with Crippen LogP contribution in [0.25, 0.3) is 16.5 Å². The molecule has 0 radical (unpaired) electrons. The van der Waals surface area contributed by atoms with Gasteiger partial charge in [-0.25, -0.2) is 0 Å². The fourth-order valence-corrected chi connectivity index (χ4v) is 3.91. The van der Waals surface area contributed by atoms with E-state index in [2.05, 4.69) is 36.7 Å². The van der Waals surface area contributed by atoms with E-state index in [4.69, 9.17) is 9.47 Å². The fraction of sp³-hybridized carbons (Fsp3) is 0.310. The van der Waals surface area contributed by atoms with Crippen LogP contribution in [0, 0.1) is 0 Å². The zero-order valence-corrected chi connectivity index (χ0v) is 20.0. The van der Waals surface area contributed by atoms with E-state index in [1.807, 2.05) is 48.7 Å². The van der Waals surface area contributed by atoms with E-state index in [1.165, 1.54) is 6.92 Å². The van der Waals surface area contributed by atoms with Crippen molar-refractivity contribution in [1.82, 2.24) is 4.98 Å². The summed E-state index contributed by atoms with van der Waals surface area (Å²) in [6.45, 7) is 8.00. The van der Waals surface area contributed by atoms with E-state index in [9.17, 15) is 9.90 Å². The lowest BCUT2D eigenvalue weighted by molar-refractivity contribution is -0.146. The number of allylic oxidation sites excluding steroid dienone is 2. The summed E-state index contributed by atoms with van der Waals surface area (Å²) in [5, 5.41) is 10.2. The molecule has 1 N–H and O–H groups in total. The molecule has 1 heterocycles. The third-order valence-corrected chi connectivity index (χ3v) is 5.57. The first-order chi connectivity index (χ1) is 16.5. The fourth-order valence-electron chi connectivity index (χ4n) is 3.91. The first kappa shape index (κ1) is 25.2. The van der Waals surface area contributed by atoms with E-state index >= 15 is 0 Å². The van der Waals surface area contributed by atoms with Crippen LogP contribution in [0.15, 0.2) is 79.0 Å². The van der Waals surface area contributed by atoms with Gasteiger partial charge in [-0.05, 0) is 42.2 Å². The Morgan fingerprint density at radius 2 is 1.94 bits per heavy atom. The van der Waals surface area contributed by atoms with Crippen LogP contribution in [-0.4, -0.2) is 29.3 Å². The largest absolute Gasteiger partial charge is 0.491 e. The van der Waals surface area contributed by atoms with E-state index in [-0.39, 0.29) is 19.2 Å². The van der Waals surface area contributed by atoms with Crippen LogP contribution in [-0.2, 0) is 9.53 Å². The molecular formula is C29H33NO4. The molecule has 3 aromatic rings. The molecule has 5 nitrogen and oxygen atoms in total. The minimum absolute atomic E-state index is 0.0944. The number of benzene rings is 2. The van der Waals surface area contributed by atoms with Gasteiger partial charge in [0, 0.05) is 36.1 Å². The first-order valence-corrected chi connectivity index (χ1v) is 11.8. The number of hydrogen-bond acceptors (Lipinski definition) is 5. The normalized spacial score (nSPS) is 12.4. The third-order valence-electron chi connectivity index (χ3n) is 5.57. The van der Waals surface area contributed by atoms with Crippen molar-refractivity contribution < 1.29 is 19.4 Å². The van der Waals surface area contributed by atoms with Gasteiger partial charge in [-0.3, -0.25) is 9.78 Å². The number of fused-ring (bicyclic) bond motifs is 1. The lowest BCUT2D eigenvalue weighted by atomic mass is 9.93. The van der Waals surface area contributed by atoms with Crippen molar-refractivity contribution in [3.8, 4) is 5.75 Å². The smallest absolute Gasteiger partial charge is 0.303 e. The van der Waals surface area contributed by atoms with Gasteiger partial charge in [0.05, 0.1) is 12.1 Å². The molecule has 1 aromatic heterocycles. The summed E-state index contributed by atoms with van der Waals surface area (Å²) in [4.78, 5) is 16.6. The molecule has 0 bridgehead atoms. The van der Waals surface area contributed by atoms with Crippen LogP contribution in [0.5, 0.6) is 5.75 Å². The molecule has 0 unspecified atom stereocenters. The van der Waals surface area contributed by atoms with Crippen molar-refractivity contribution in [1.29, 1.82) is 0 Å². The number of hydrogen-bond donors (Lipinski definition) is 1. The van der Waals surface area contributed by atoms with Crippen molar-refractivity contribution >= 4 is 22.4 Å². The highest BCUT2D eigenvalue weighted by Crippen LogP contribution is 2.34. The van der Waals surface area contributed by atoms with Gasteiger partial charge in [0.15, 0.2) is 0 Å². The molecule has 0 spiro atoms. The summed E-state index contributed by atoms with van der Waals surface area (Å²) < 4.78 is 11.4. The molecule has 1 atom stereocenters. The van der Waals surface area contributed by atoms with Crippen LogP contribution >= 0.6 is 0 Å². The number of nitrogens with zero attached hydrogens (tertiary/aromatic N) is 1. The highest BCUT2D eigenvalue weighted by atomic mass is 16.5. The maximum atomic E-state index is 11.9. The zero-order valence-electron chi connectivity index (χ0n) is 20.0. The lowest BCUT2D eigenvalue weighted by Crippen LogP contribution is -2.11. The van der Waals surface area contributed by atoms with Crippen molar-refractivity contribution in [3.05, 3.63) is 90.1 Å². The highest BCUT2D eigenvalue weighted by Gasteiger charge is 2.19. The minimum atomic E-state index is -0.533. The summed E-state index contributed by atoms with van der Waals surface area (Å²) in [5.74, 6) is 0.226. The Labute approximate surface area is 201 Å². The van der Waals surface area contributed by atoms with Crippen LogP contribution in [0.2, 0.25) is 0 Å². The lowest BCUT2D eigenvalue weighted by Gasteiger charge is -2.20. The predicted octanol–water partition coefficient (Wildman–Crippen LogP) is 6.43. The molecule has 0 aliphatic carbocycles. The topological polar surface area (TPSA) is 68.7 Å². The molecule has 3 rings (SSSR count). The van der Waals surface area contributed by atoms with Gasteiger partial charge in [0.2, 0.25) is 0 Å². The number of para-hydroxylation sites is 2. The van der Waals surface area contributed by atoms with Gasteiger partial charge < -0.3 is 14.6 Å². The minimum Gasteiger partial charge on any atom is -0.491 e. The van der Waals surface area contributed by atoms with Crippen LogP contribution < -0.4 is 4.74 Å². The third kappa shape index (κ3) is 6.78. The number of carbonyl (C=O) groups is 1. The molecule has 0 amide bonds. The molecule has 0 aliphatic heterocycles. The summed E-state index contributed by atoms with van der Waals surface area (Å²) in [6, 6.07) is 17.6. The summed E-state index contributed by atoms with van der Waals surface area (Å²) >= 11 is 0. The monoisotopic (exact) mass is 459 g/mol. The van der Waals surface area contributed by atoms with E-state index in [0.717, 1.165) is 52.4 Å². The Hall–Kier alpha value is -3.44. The van der Waals surface area contributed by atoms with Crippen LogP contribution in [0.1, 0.15) is 56.8 Å². The summed E-state index contributed by atoms with van der Waals surface area (Å²) in [5.41, 5.74) is 4.74. The van der Waals surface area contributed by atoms with Gasteiger partial charge >= 0.3 is 5.97 Å². The second-order valence-electron chi connectivity index (χ2n) is 8.19. The Balaban J connectivity index is 1.99. The SMILES string of the molecule is C=C(CCCC)/C(=C/C[C@H](OC(C)=O)c1ccccc1OCCO)c1cnc2ccccc2c1. The average molecular weight is 460 g/mol. The highest BCUT2D eigenvalue weighted by molar-refractivity contribution is 5.86. The number of ether oxygens (including phenoxy) is 2. The number of unbranched alkanes of at least 4 members (excludes halogenated alkanes) is 1. The van der Waals surface area contributed by atoms with Gasteiger partial charge in [-0.15, -0.1) is 0 Å². The number of esters is 1. The number of aromatic nitrogens is 1. The maximum Gasteiger partial charge on any atom is 0.303 e. The van der Waals surface area contributed by atoms with Crippen molar-refractivity contribution in [3.63, 3.8) is 0 Å². The van der Waals surface area contributed by atoms with E-state index in [0.29, 0.717) is 12.2 Å². The van der Waals surface area contributed by atoms with Crippen molar-refractivity contribution in [2.45, 2.75) is 45.6 Å². The standard InChI is InChI=1S/C29H33NO4/c1-4-5-10-21(2)25(24-19-23-11-6-8-13-27(23)30-20-24)15-16-29(34-22(3)32)26-12-7-9-14-28(26)33-18-17-31/h6-9,11-15,19-20,29,31H,2,4-5,10,16-18H2,1,3H3/b25-15-/t29-/m0/s1. The summed E-state index contributed by atoms with van der Waals surface area (Å²) in [7, 11) is 0. The first-order valence-electron chi connectivity index (χ1n) is 11.8. The van der Waals surface area contributed by atoms with Gasteiger partial charge in [-0.1, -0.05) is 62.4 Å². The van der Waals surface area contributed by atoms with Crippen LogP contribution in [0.3, 0.4) is 0 Å². The molecule has 34 heavy (non-hydrogen) atoms. The Morgan fingerprint density at radius 1 is 1.18 bits per heavy atom. The van der Waals surface area contributed by atoms with E-state index < -0.39 is 6.10 Å². The molecule has 0 fully saturated rings. The van der Waals surface area contributed by atoms with Gasteiger partial charge in [0.1, 0.15) is 18.5 Å². The number of carbonyl (C=O) groups excluding carboxylic acids is 1. The van der Waals surface area contributed by atoms with Gasteiger partial charge in [0.25, 0.3) is 0 Å². The molecule has 0 saturated carbocycles. The maximum absolute atomic E-state index is 11.9. The Kier molecular flexibility index (Phi) is 9.41. The number of rotatable bonds is 12. The molecule has 0 aliphatic rings. The van der Waals surface area contributed by atoms with Crippen molar-refractivity contribution in [2.24, 2.45) is 0 Å². The summed E-state index contributed by atoms with van der Waals surface area (Å²) in [6.07, 6.45) is 6.88. The predicted molar refractivity (Wildman–Crippen MR) is 137 cm³/mol. The Bertz CT molecular complexity index is 1150.